The van der Waals surface area contributed by atoms with E-state index < -0.39 is 0 Å². The van der Waals surface area contributed by atoms with E-state index in [9.17, 15) is 0 Å². The average Bonchev–Trinajstić information content (AvgIpc) is 2.71. The maximum Gasteiger partial charge on any atom is 0.257 e. The zero-order chi connectivity index (χ0) is 20.8. The summed E-state index contributed by atoms with van der Waals surface area (Å²) < 4.78 is 6.14. The van der Waals surface area contributed by atoms with E-state index in [0.717, 1.165) is 54.1 Å². The van der Waals surface area contributed by atoms with E-state index in [1.54, 1.807) is 0 Å². The van der Waals surface area contributed by atoms with Gasteiger partial charge in [-0.2, -0.15) is 0 Å². The molecule has 0 saturated heterocycles. The van der Waals surface area contributed by atoms with Crippen LogP contribution in [-0.4, -0.2) is 42.2 Å². The van der Waals surface area contributed by atoms with Gasteiger partial charge >= 0.3 is 0 Å². The molecule has 6 heteroatoms. The summed E-state index contributed by atoms with van der Waals surface area (Å²) in [5.41, 5.74) is 5.02. The van der Waals surface area contributed by atoms with Gasteiger partial charge in [-0.3, -0.25) is 0 Å². The maximum absolute atomic E-state index is 6.14. The Kier molecular flexibility index (Phi) is 7.61. The van der Waals surface area contributed by atoms with Gasteiger partial charge in [0.05, 0.1) is 11.4 Å². The topological polar surface area (TPSA) is 63.2 Å². The van der Waals surface area contributed by atoms with E-state index in [0.29, 0.717) is 11.7 Å². The van der Waals surface area contributed by atoms with Crippen molar-refractivity contribution in [3.63, 3.8) is 0 Å². The Bertz CT molecular complexity index is 800. The van der Waals surface area contributed by atoms with Crippen LogP contribution < -0.4 is 15.0 Å². The van der Waals surface area contributed by atoms with Crippen LogP contribution in [0.15, 0.2) is 6.07 Å². The monoisotopic (exact) mass is 385 g/mol. The molecule has 0 aromatic carbocycles. The van der Waals surface area contributed by atoms with Crippen molar-refractivity contribution in [2.75, 3.05) is 31.4 Å². The van der Waals surface area contributed by atoms with Gasteiger partial charge in [0.1, 0.15) is 11.9 Å². The Balaban J connectivity index is 2.62. The second-order valence-corrected chi connectivity index (χ2v) is 7.18. The van der Waals surface area contributed by atoms with Crippen molar-refractivity contribution < 1.29 is 4.74 Å². The lowest BCUT2D eigenvalue weighted by Crippen LogP contribution is -2.17. The van der Waals surface area contributed by atoms with Gasteiger partial charge in [0.2, 0.25) is 0 Å². The highest BCUT2D eigenvalue weighted by Crippen LogP contribution is 2.33. The van der Waals surface area contributed by atoms with Crippen LogP contribution in [0.3, 0.4) is 0 Å². The van der Waals surface area contributed by atoms with Gasteiger partial charge in [0, 0.05) is 32.4 Å². The van der Waals surface area contributed by atoms with Crippen LogP contribution in [0.5, 0.6) is 5.88 Å². The number of nitrogens with one attached hydrogen (secondary N) is 1. The van der Waals surface area contributed by atoms with E-state index in [-0.39, 0.29) is 6.10 Å². The molecule has 0 radical (unpaired) electrons. The Labute approximate surface area is 169 Å². The molecule has 1 N–H and O–H groups in total. The van der Waals surface area contributed by atoms with Gasteiger partial charge in [0.15, 0.2) is 5.82 Å². The largest absolute Gasteiger partial charge is 0.472 e. The molecule has 2 heterocycles. The van der Waals surface area contributed by atoms with Crippen LogP contribution in [0, 0.1) is 6.92 Å². The first-order chi connectivity index (χ1) is 13.4. The predicted octanol–water partition coefficient (Wildman–Crippen LogP) is 4.65. The molecule has 0 aliphatic heterocycles. The zero-order valence-corrected chi connectivity index (χ0v) is 18.7. The lowest BCUT2D eigenvalue weighted by molar-refractivity contribution is 0.185. The van der Waals surface area contributed by atoms with E-state index in [1.165, 1.54) is 5.56 Å². The quantitative estimate of drug-likeness (QED) is 0.678. The fourth-order valence-corrected chi connectivity index (χ4v) is 3.29. The molecular weight excluding hydrogens is 350 g/mol. The van der Waals surface area contributed by atoms with Crippen molar-refractivity contribution in [2.24, 2.45) is 0 Å². The molecule has 0 bridgehead atoms. The molecule has 0 unspecified atom stereocenters. The molecule has 0 aliphatic rings. The van der Waals surface area contributed by atoms with Gasteiger partial charge in [-0.1, -0.05) is 27.7 Å². The normalized spacial score (nSPS) is 11.0. The molecule has 2 aromatic rings. The fraction of sp³-hybridized carbons (Fsp3) is 0.591. The number of aryl methyl sites for hydroxylation is 3. The molecule has 0 amide bonds. The average molecular weight is 386 g/mol. The van der Waals surface area contributed by atoms with Crippen LogP contribution >= 0.6 is 0 Å². The van der Waals surface area contributed by atoms with Crippen molar-refractivity contribution in [3.05, 3.63) is 23.0 Å². The smallest absolute Gasteiger partial charge is 0.257 e. The van der Waals surface area contributed by atoms with Crippen molar-refractivity contribution in [3.8, 4) is 17.1 Å². The molecule has 0 atom stereocenters. The van der Waals surface area contributed by atoms with E-state index in [1.807, 2.05) is 28.1 Å². The molecule has 28 heavy (non-hydrogen) atoms. The second kappa shape index (κ2) is 9.71. The number of hydrogen-bond acceptors (Lipinski definition) is 6. The van der Waals surface area contributed by atoms with Crippen LogP contribution in [0.1, 0.15) is 57.5 Å². The van der Waals surface area contributed by atoms with Crippen LogP contribution in [0.2, 0.25) is 0 Å². The minimum atomic E-state index is 0.145. The summed E-state index contributed by atoms with van der Waals surface area (Å²) in [6.07, 6.45) is 3.73. The summed E-state index contributed by atoms with van der Waals surface area (Å²) >= 11 is 0. The molecule has 0 spiro atoms. The number of pyridine rings is 1. The van der Waals surface area contributed by atoms with Gasteiger partial charge < -0.3 is 15.0 Å². The van der Waals surface area contributed by atoms with Crippen LogP contribution in [0.4, 0.5) is 11.6 Å². The molecule has 6 nitrogen and oxygen atoms in total. The number of ether oxygens (including phenoxy) is 1. The molecule has 2 rings (SSSR count). The standard InChI is InChI=1S/C22H35N5O/c1-9-15-13-17(14(5)24-21(15)27(7)8)19-18(12-4)25-22(20(23-6)26-19)28-16(10-2)11-3/h13,16H,9-12H2,1-8H3,(H,23,26). The minimum Gasteiger partial charge on any atom is -0.472 e. The third kappa shape index (κ3) is 4.54. The number of anilines is 2. The van der Waals surface area contributed by atoms with Gasteiger partial charge in [-0.25, -0.2) is 15.0 Å². The summed E-state index contributed by atoms with van der Waals surface area (Å²) in [4.78, 5) is 16.7. The second-order valence-electron chi connectivity index (χ2n) is 7.18. The van der Waals surface area contributed by atoms with Gasteiger partial charge in [-0.05, 0) is 44.2 Å². The molecule has 2 aromatic heterocycles. The zero-order valence-electron chi connectivity index (χ0n) is 18.7. The highest BCUT2D eigenvalue weighted by molar-refractivity contribution is 5.70. The minimum absolute atomic E-state index is 0.145. The highest BCUT2D eigenvalue weighted by atomic mass is 16.5. The lowest BCUT2D eigenvalue weighted by atomic mass is 10.0. The number of aromatic nitrogens is 3. The van der Waals surface area contributed by atoms with Crippen molar-refractivity contribution in [1.29, 1.82) is 0 Å². The van der Waals surface area contributed by atoms with Crippen molar-refractivity contribution in [2.45, 2.75) is 66.4 Å². The molecule has 0 aliphatic carbocycles. The first kappa shape index (κ1) is 21.9. The summed E-state index contributed by atoms with van der Waals surface area (Å²) in [6.45, 7) is 10.6. The summed E-state index contributed by atoms with van der Waals surface area (Å²) in [5.74, 6) is 2.27. The van der Waals surface area contributed by atoms with Crippen LogP contribution in [-0.2, 0) is 12.8 Å². The Morgan fingerprint density at radius 3 is 2.21 bits per heavy atom. The number of hydrogen-bond donors (Lipinski definition) is 1. The van der Waals surface area contributed by atoms with Crippen molar-refractivity contribution >= 4 is 11.6 Å². The Morgan fingerprint density at radius 1 is 1.04 bits per heavy atom. The number of nitrogens with zero attached hydrogens (tertiary/aromatic N) is 4. The van der Waals surface area contributed by atoms with Crippen molar-refractivity contribution in [1.82, 2.24) is 15.0 Å². The van der Waals surface area contributed by atoms with Gasteiger partial charge in [0.25, 0.3) is 5.88 Å². The Morgan fingerprint density at radius 2 is 1.71 bits per heavy atom. The third-order valence-electron chi connectivity index (χ3n) is 5.03. The van der Waals surface area contributed by atoms with Crippen LogP contribution in [0.25, 0.3) is 11.3 Å². The summed E-state index contributed by atoms with van der Waals surface area (Å²) in [5, 5.41) is 3.16. The Hall–Kier alpha value is -2.37. The maximum atomic E-state index is 6.14. The fourth-order valence-electron chi connectivity index (χ4n) is 3.29. The van der Waals surface area contributed by atoms with E-state index in [2.05, 4.69) is 44.0 Å². The van der Waals surface area contributed by atoms with E-state index in [4.69, 9.17) is 19.7 Å². The molecule has 154 valence electrons. The molecular formula is C22H35N5O. The van der Waals surface area contributed by atoms with Gasteiger partial charge in [-0.15, -0.1) is 0 Å². The first-order valence-electron chi connectivity index (χ1n) is 10.3. The molecule has 0 saturated carbocycles. The molecule has 0 fully saturated rings. The summed E-state index contributed by atoms with van der Waals surface area (Å²) in [7, 11) is 5.92. The lowest BCUT2D eigenvalue weighted by Gasteiger charge is -2.21. The predicted molar refractivity (Wildman–Crippen MR) is 118 cm³/mol. The number of rotatable bonds is 9. The first-order valence-corrected chi connectivity index (χ1v) is 10.3. The highest BCUT2D eigenvalue weighted by Gasteiger charge is 2.20. The summed E-state index contributed by atoms with van der Waals surface area (Å²) in [6, 6.07) is 2.21. The third-order valence-corrected chi connectivity index (χ3v) is 5.03. The van der Waals surface area contributed by atoms with E-state index >= 15 is 0 Å². The SMILES string of the molecule is CCc1cc(-c2nc(NC)c(OC(CC)CC)nc2CC)c(C)nc1N(C)C.